The summed E-state index contributed by atoms with van der Waals surface area (Å²) in [5, 5.41) is 0. The van der Waals surface area contributed by atoms with E-state index in [4.69, 9.17) is 4.74 Å². The first-order chi connectivity index (χ1) is 8.58. The zero-order valence-corrected chi connectivity index (χ0v) is 12.2. The van der Waals surface area contributed by atoms with Crippen molar-refractivity contribution >= 4 is 24.4 Å². The number of rotatable bonds is 7. The fraction of sp³-hybridized carbons (Fsp3) is 0.846. The highest BCUT2D eigenvalue weighted by atomic mass is 32.1. The number of thiol groups is 1. The van der Waals surface area contributed by atoms with Gasteiger partial charge in [-0.3, -0.25) is 14.5 Å². The van der Waals surface area contributed by atoms with Crippen LogP contribution in [0.2, 0.25) is 0 Å². The molecule has 0 atom stereocenters. The molecule has 1 saturated heterocycles. The van der Waals surface area contributed by atoms with Crippen LogP contribution in [0.4, 0.5) is 0 Å². The van der Waals surface area contributed by atoms with Crippen molar-refractivity contribution in [3.05, 3.63) is 0 Å². The van der Waals surface area contributed by atoms with Crippen LogP contribution in [0, 0.1) is 5.41 Å². The van der Waals surface area contributed by atoms with E-state index in [9.17, 15) is 9.59 Å². The van der Waals surface area contributed by atoms with E-state index in [1.165, 1.54) is 4.90 Å². The third-order valence-corrected chi connectivity index (χ3v) is 4.11. The number of carbonyl (C=O) groups is 2. The number of ether oxygens (including phenoxy) is 1. The highest BCUT2D eigenvalue weighted by Crippen LogP contribution is 2.32. The number of hydrogen-bond donors (Lipinski definition) is 1. The predicted octanol–water partition coefficient (Wildman–Crippen LogP) is 1.89. The Morgan fingerprint density at radius 2 is 1.67 bits per heavy atom. The van der Waals surface area contributed by atoms with Crippen molar-refractivity contribution in [3.63, 3.8) is 0 Å². The molecule has 1 fully saturated rings. The van der Waals surface area contributed by atoms with Gasteiger partial charge in [0.1, 0.15) is 13.2 Å². The van der Waals surface area contributed by atoms with Crippen LogP contribution in [0.25, 0.3) is 0 Å². The van der Waals surface area contributed by atoms with Crippen molar-refractivity contribution in [1.29, 1.82) is 0 Å². The number of hydrogen-bond acceptors (Lipinski definition) is 4. The van der Waals surface area contributed by atoms with Gasteiger partial charge in [-0.05, 0) is 24.0 Å². The van der Waals surface area contributed by atoms with Crippen LogP contribution in [0.1, 0.15) is 39.5 Å². The topological polar surface area (TPSA) is 46.6 Å². The van der Waals surface area contributed by atoms with Gasteiger partial charge in [-0.15, -0.1) is 0 Å². The second kappa shape index (κ2) is 7.14. The number of morpholine rings is 1. The highest BCUT2D eigenvalue weighted by molar-refractivity contribution is 7.80. The molecule has 0 N–H and O–H groups in total. The van der Waals surface area contributed by atoms with E-state index in [0.717, 1.165) is 25.7 Å². The van der Waals surface area contributed by atoms with Crippen molar-refractivity contribution in [3.8, 4) is 0 Å². The monoisotopic (exact) mass is 273 g/mol. The minimum absolute atomic E-state index is 0.0205. The summed E-state index contributed by atoms with van der Waals surface area (Å²) in [6, 6.07) is 0. The average Bonchev–Trinajstić information content (AvgIpc) is 2.34. The van der Waals surface area contributed by atoms with Gasteiger partial charge in [-0.25, -0.2) is 0 Å². The summed E-state index contributed by atoms with van der Waals surface area (Å²) in [6.45, 7) is 4.77. The first kappa shape index (κ1) is 15.5. The predicted molar refractivity (Wildman–Crippen MR) is 73.6 cm³/mol. The molecule has 1 heterocycles. The first-order valence-electron chi connectivity index (χ1n) is 6.60. The van der Waals surface area contributed by atoms with Gasteiger partial charge in [-0.1, -0.05) is 26.7 Å². The normalized spacial score (nSPS) is 17.4. The molecule has 0 spiro atoms. The van der Waals surface area contributed by atoms with E-state index >= 15 is 0 Å². The number of amides is 2. The lowest BCUT2D eigenvalue weighted by Crippen LogP contribution is -2.51. The molecule has 5 heteroatoms. The minimum Gasteiger partial charge on any atom is -0.362 e. The van der Waals surface area contributed by atoms with Crippen LogP contribution in [-0.4, -0.2) is 42.2 Å². The Kier molecular flexibility index (Phi) is 6.15. The van der Waals surface area contributed by atoms with Crippen LogP contribution in [0.15, 0.2) is 0 Å². The second-order valence-corrected chi connectivity index (χ2v) is 5.34. The van der Waals surface area contributed by atoms with Gasteiger partial charge in [-0.2, -0.15) is 12.6 Å². The largest absolute Gasteiger partial charge is 0.362 e. The lowest BCUT2D eigenvalue weighted by Gasteiger charge is -2.37. The number of carbonyl (C=O) groups excluding carboxylic acids is 2. The van der Waals surface area contributed by atoms with E-state index in [-0.39, 0.29) is 30.4 Å². The molecule has 2 amide bonds. The average molecular weight is 273 g/mol. The lowest BCUT2D eigenvalue weighted by molar-refractivity contribution is -0.160. The van der Waals surface area contributed by atoms with Crippen molar-refractivity contribution in [1.82, 2.24) is 4.90 Å². The van der Waals surface area contributed by atoms with Gasteiger partial charge >= 0.3 is 0 Å². The van der Waals surface area contributed by atoms with Crippen LogP contribution in [0.3, 0.4) is 0 Å². The molecular weight excluding hydrogens is 250 g/mol. The number of nitrogens with zero attached hydrogens (tertiary/aromatic N) is 1. The van der Waals surface area contributed by atoms with Gasteiger partial charge in [0.25, 0.3) is 11.8 Å². The summed E-state index contributed by atoms with van der Waals surface area (Å²) in [6.07, 6.45) is 4.05. The molecule has 0 aromatic heterocycles. The van der Waals surface area contributed by atoms with Gasteiger partial charge < -0.3 is 4.74 Å². The summed E-state index contributed by atoms with van der Waals surface area (Å²) in [4.78, 5) is 24.9. The smallest absolute Gasteiger partial charge is 0.255 e. The Labute approximate surface area is 114 Å². The maximum absolute atomic E-state index is 11.8. The molecule has 1 rings (SSSR count). The second-order valence-electron chi connectivity index (χ2n) is 5.02. The molecule has 0 radical (unpaired) electrons. The molecular formula is C13H23NO3S. The molecule has 0 aromatic carbocycles. The van der Waals surface area contributed by atoms with Crippen molar-refractivity contribution in [2.24, 2.45) is 5.41 Å². The summed E-state index contributed by atoms with van der Waals surface area (Å²) in [5.74, 6) is 0.265. The number of imide groups is 1. The fourth-order valence-electron chi connectivity index (χ4n) is 2.58. The lowest BCUT2D eigenvalue weighted by atomic mass is 9.80. The molecule has 18 heavy (non-hydrogen) atoms. The molecule has 1 aliphatic rings. The van der Waals surface area contributed by atoms with Gasteiger partial charge in [0.15, 0.2) is 0 Å². The standard InChI is InChI=1S/C13H23NO3S/c1-3-5-13(10-18,6-4-2)9-14-11(15)7-17-8-12(14)16/h18H,3-10H2,1-2H3. The molecule has 0 aliphatic carbocycles. The summed E-state index contributed by atoms with van der Waals surface area (Å²) in [7, 11) is 0. The maximum atomic E-state index is 11.8. The fourth-order valence-corrected chi connectivity index (χ4v) is 3.00. The highest BCUT2D eigenvalue weighted by Gasteiger charge is 2.35. The quantitative estimate of drug-likeness (QED) is 0.569. The molecule has 4 nitrogen and oxygen atoms in total. The van der Waals surface area contributed by atoms with Gasteiger partial charge in [0.05, 0.1) is 0 Å². The van der Waals surface area contributed by atoms with E-state index < -0.39 is 0 Å². The molecule has 0 bridgehead atoms. The van der Waals surface area contributed by atoms with Crippen LogP contribution >= 0.6 is 12.6 Å². The zero-order chi connectivity index (χ0) is 13.6. The SMILES string of the molecule is CCCC(CS)(CCC)CN1C(=O)COCC1=O. The molecule has 0 unspecified atom stereocenters. The Morgan fingerprint density at radius 1 is 1.17 bits per heavy atom. The molecule has 1 aliphatic heterocycles. The van der Waals surface area contributed by atoms with E-state index in [1.807, 2.05) is 0 Å². The molecule has 0 aromatic rings. The molecule has 104 valence electrons. The van der Waals surface area contributed by atoms with Crippen LogP contribution in [0.5, 0.6) is 0 Å². The minimum atomic E-state index is -0.218. The van der Waals surface area contributed by atoms with E-state index in [0.29, 0.717) is 12.3 Å². The first-order valence-corrected chi connectivity index (χ1v) is 7.23. The Bertz CT molecular complexity index is 285. The van der Waals surface area contributed by atoms with Gasteiger partial charge in [0.2, 0.25) is 0 Å². The van der Waals surface area contributed by atoms with Crippen LogP contribution in [-0.2, 0) is 14.3 Å². The van der Waals surface area contributed by atoms with Crippen molar-refractivity contribution in [2.45, 2.75) is 39.5 Å². The Morgan fingerprint density at radius 3 is 2.06 bits per heavy atom. The Balaban J connectivity index is 2.80. The third-order valence-electron chi connectivity index (χ3n) is 3.44. The summed E-state index contributed by atoms with van der Waals surface area (Å²) in [5.41, 5.74) is -0.0464. The summed E-state index contributed by atoms with van der Waals surface area (Å²) < 4.78 is 4.93. The summed E-state index contributed by atoms with van der Waals surface area (Å²) >= 11 is 4.45. The van der Waals surface area contributed by atoms with Crippen molar-refractivity contribution in [2.75, 3.05) is 25.5 Å². The van der Waals surface area contributed by atoms with E-state index in [1.54, 1.807) is 0 Å². The maximum Gasteiger partial charge on any atom is 0.255 e. The Hall–Kier alpha value is -0.550. The van der Waals surface area contributed by atoms with E-state index in [2.05, 4.69) is 26.5 Å². The zero-order valence-electron chi connectivity index (χ0n) is 11.3. The molecule has 0 saturated carbocycles. The van der Waals surface area contributed by atoms with Gasteiger partial charge in [0, 0.05) is 6.54 Å². The van der Waals surface area contributed by atoms with Crippen LogP contribution < -0.4 is 0 Å². The van der Waals surface area contributed by atoms with Crippen molar-refractivity contribution < 1.29 is 14.3 Å². The third kappa shape index (κ3) is 3.72.